The molecule has 1 heterocycles. The molecule has 1 aliphatic rings. The number of hydrogen-bond donors (Lipinski definition) is 3. The van der Waals surface area contributed by atoms with E-state index in [4.69, 9.17) is 10.5 Å². The first-order chi connectivity index (χ1) is 12.6. The predicted molar refractivity (Wildman–Crippen MR) is 102 cm³/mol. The summed E-state index contributed by atoms with van der Waals surface area (Å²) in [5, 5.41) is 5.63. The van der Waals surface area contributed by atoms with E-state index in [1.54, 1.807) is 45.0 Å². The van der Waals surface area contributed by atoms with Gasteiger partial charge in [-0.1, -0.05) is 6.07 Å². The van der Waals surface area contributed by atoms with Crippen LogP contribution in [0.25, 0.3) is 0 Å². The highest BCUT2D eigenvalue weighted by molar-refractivity contribution is 5.96. The molecule has 27 heavy (non-hydrogen) atoms. The summed E-state index contributed by atoms with van der Waals surface area (Å²) < 4.78 is 5.21. The van der Waals surface area contributed by atoms with Crippen molar-refractivity contribution in [1.29, 1.82) is 0 Å². The third-order valence-corrected chi connectivity index (χ3v) is 4.07. The quantitative estimate of drug-likeness (QED) is 0.724. The van der Waals surface area contributed by atoms with Gasteiger partial charge in [-0.05, 0) is 51.8 Å². The second-order valence-corrected chi connectivity index (χ2v) is 7.70. The number of nitrogens with two attached hydrogens (primary N) is 1. The van der Waals surface area contributed by atoms with E-state index in [2.05, 4.69) is 10.6 Å². The fraction of sp³-hybridized carbons (Fsp3) is 0.526. The molecule has 1 aromatic rings. The number of ether oxygens (including phenoxy) is 1. The maximum atomic E-state index is 12.5. The Hall–Kier alpha value is -2.61. The first-order valence-corrected chi connectivity index (χ1v) is 9.04. The molecular formula is C19H28N4O4. The number of primary amides is 1. The SMILES string of the molecule is CC(C)(C)OC(=O)Nc1cccc(C(=O)NC2CCN(CC(N)=O)CC2)c1. The molecule has 0 unspecified atom stereocenters. The average Bonchev–Trinajstić information content (AvgIpc) is 2.54. The Bertz CT molecular complexity index is 691. The zero-order valence-electron chi connectivity index (χ0n) is 16.1. The van der Waals surface area contributed by atoms with Gasteiger partial charge >= 0.3 is 6.09 Å². The number of benzene rings is 1. The predicted octanol–water partition coefficient (Wildman–Crippen LogP) is 1.71. The minimum atomic E-state index is -0.595. The molecule has 8 heteroatoms. The van der Waals surface area contributed by atoms with Gasteiger partial charge in [0.2, 0.25) is 5.91 Å². The Morgan fingerprint density at radius 1 is 1.22 bits per heavy atom. The number of piperidine rings is 1. The number of nitrogens with one attached hydrogen (secondary N) is 2. The lowest BCUT2D eigenvalue weighted by Crippen LogP contribution is -2.46. The Morgan fingerprint density at radius 3 is 2.48 bits per heavy atom. The lowest BCUT2D eigenvalue weighted by molar-refractivity contribution is -0.119. The van der Waals surface area contributed by atoms with Crippen molar-refractivity contribution in [2.75, 3.05) is 25.0 Å². The lowest BCUT2D eigenvalue weighted by Gasteiger charge is -2.31. The molecule has 0 radical (unpaired) electrons. The summed E-state index contributed by atoms with van der Waals surface area (Å²) in [6.07, 6.45) is 0.950. The monoisotopic (exact) mass is 376 g/mol. The second kappa shape index (κ2) is 8.85. The summed E-state index contributed by atoms with van der Waals surface area (Å²) in [6.45, 7) is 7.03. The van der Waals surface area contributed by atoms with E-state index in [9.17, 15) is 14.4 Å². The maximum absolute atomic E-state index is 12.5. The van der Waals surface area contributed by atoms with Crippen molar-refractivity contribution in [3.8, 4) is 0 Å². The van der Waals surface area contributed by atoms with Crippen LogP contribution in [0.4, 0.5) is 10.5 Å². The normalized spacial score (nSPS) is 15.8. The average molecular weight is 376 g/mol. The fourth-order valence-electron chi connectivity index (χ4n) is 2.88. The van der Waals surface area contributed by atoms with Gasteiger partial charge in [-0.2, -0.15) is 0 Å². The van der Waals surface area contributed by atoms with Crippen LogP contribution in [0.2, 0.25) is 0 Å². The molecule has 0 atom stereocenters. The van der Waals surface area contributed by atoms with Crippen LogP contribution >= 0.6 is 0 Å². The Labute approximate surface area is 159 Å². The van der Waals surface area contributed by atoms with E-state index in [0.29, 0.717) is 24.3 Å². The molecule has 0 aromatic heterocycles. The molecule has 3 amide bonds. The van der Waals surface area contributed by atoms with Crippen molar-refractivity contribution < 1.29 is 19.1 Å². The molecule has 148 valence electrons. The molecule has 1 aromatic carbocycles. The topological polar surface area (TPSA) is 114 Å². The van der Waals surface area contributed by atoms with Crippen LogP contribution in [0.5, 0.6) is 0 Å². The summed E-state index contributed by atoms with van der Waals surface area (Å²) in [5.41, 5.74) is 5.57. The summed E-state index contributed by atoms with van der Waals surface area (Å²) in [5.74, 6) is -0.539. The van der Waals surface area contributed by atoms with Crippen LogP contribution in [-0.4, -0.2) is 54.1 Å². The number of likely N-dealkylation sites (tertiary alicyclic amines) is 1. The summed E-state index contributed by atoms with van der Waals surface area (Å²) in [4.78, 5) is 37.3. The molecule has 0 aliphatic carbocycles. The van der Waals surface area contributed by atoms with Gasteiger partial charge in [-0.15, -0.1) is 0 Å². The van der Waals surface area contributed by atoms with E-state index in [1.165, 1.54) is 0 Å². The van der Waals surface area contributed by atoms with Crippen LogP contribution in [0.1, 0.15) is 44.0 Å². The molecular weight excluding hydrogens is 348 g/mol. The number of nitrogens with zero attached hydrogens (tertiary/aromatic N) is 1. The number of carbonyl (C=O) groups excluding carboxylic acids is 3. The van der Waals surface area contributed by atoms with Crippen molar-refractivity contribution >= 4 is 23.6 Å². The highest BCUT2D eigenvalue weighted by atomic mass is 16.6. The zero-order valence-corrected chi connectivity index (χ0v) is 16.1. The zero-order chi connectivity index (χ0) is 20.0. The van der Waals surface area contributed by atoms with Crippen LogP contribution in [0, 0.1) is 0 Å². The second-order valence-electron chi connectivity index (χ2n) is 7.70. The first kappa shape index (κ1) is 20.7. The maximum Gasteiger partial charge on any atom is 0.412 e. The number of carbonyl (C=O) groups is 3. The van der Waals surface area contributed by atoms with Crippen molar-refractivity contribution in [2.45, 2.75) is 45.3 Å². The molecule has 1 saturated heterocycles. The molecule has 0 bridgehead atoms. The summed E-state index contributed by atoms with van der Waals surface area (Å²) in [6, 6.07) is 6.75. The largest absolute Gasteiger partial charge is 0.444 e. The van der Waals surface area contributed by atoms with E-state index < -0.39 is 11.7 Å². The van der Waals surface area contributed by atoms with Gasteiger partial charge in [0.15, 0.2) is 0 Å². The van der Waals surface area contributed by atoms with Crippen LogP contribution in [-0.2, 0) is 9.53 Å². The highest BCUT2D eigenvalue weighted by Crippen LogP contribution is 2.15. The summed E-state index contributed by atoms with van der Waals surface area (Å²) >= 11 is 0. The van der Waals surface area contributed by atoms with E-state index >= 15 is 0 Å². The standard InChI is InChI=1S/C19H28N4O4/c1-19(2,3)27-18(26)22-15-6-4-5-13(11-15)17(25)21-14-7-9-23(10-8-14)12-16(20)24/h4-6,11,14H,7-10,12H2,1-3H3,(H2,20,24)(H,21,25)(H,22,26). The minimum Gasteiger partial charge on any atom is -0.444 e. The lowest BCUT2D eigenvalue weighted by atomic mass is 10.0. The van der Waals surface area contributed by atoms with Crippen LogP contribution < -0.4 is 16.4 Å². The molecule has 0 saturated carbocycles. The highest BCUT2D eigenvalue weighted by Gasteiger charge is 2.22. The van der Waals surface area contributed by atoms with Gasteiger partial charge in [0.1, 0.15) is 5.60 Å². The van der Waals surface area contributed by atoms with Crippen LogP contribution in [0.3, 0.4) is 0 Å². The Kier molecular flexibility index (Phi) is 6.79. The van der Waals surface area contributed by atoms with Gasteiger partial charge in [0.05, 0.1) is 6.54 Å². The first-order valence-electron chi connectivity index (χ1n) is 9.04. The molecule has 8 nitrogen and oxygen atoms in total. The van der Waals surface area contributed by atoms with E-state index in [0.717, 1.165) is 12.8 Å². The molecule has 2 rings (SSSR count). The van der Waals surface area contributed by atoms with Crippen molar-refractivity contribution in [3.05, 3.63) is 29.8 Å². The third-order valence-electron chi connectivity index (χ3n) is 4.07. The smallest absolute Gasteiger partial charge is 0.412 e. The number of amides is 3. The molecule has 0 spiro atoms. The van der Waals surface area contributed by atoms with Crippen molar-refractivity contribution in [1.82, 2.24) is 10.2 Å². The van der Waals surface area contributed by atoms with Gasteiger partial charge in [0, 0.05) is 30.4 Å². The number of anilines is 1. The molecule has 4 N–H and O–H groups in total. The van der Waals surface area contributed by atoms with Crippen molar-refractivity contribution in [2.24, 2.45) is 5.73 Å². The molecule has 1 aliphatic heterocycles. The van der Waals surface area contributed by atoms with Crippen molar-refractivity contribution in [3.63, 3.8) is 0 Å². The third kappa shape index (κ3) is 7.26. The minimum absolute atomic E-state index is 0.0455. The summed E-state index contributed by atoms with van der Waals surface area (Å²) in [7, 11) is 0. The molecule has 1 fully saturated rings. The van der Waals surface area contributed by atoms with E-state index in [-0.39, 0.29) is 24.4 Å². The van der Waals surface area contributed by atoms with Gasteiger partial charge in [-0.25, -0.2) is 4.79 Å². The van der Waals surface area contributed by atoms with Gasteiger partial charge in [-0.3, -0.25) is 19.8 Å². The van der Waals surface area contributed by atoms with Crippen LogP contribution in [0.15, 0.2) is 24.3 Å². The Balaban J connectivity index is 1.88. The fourth-order valence-corrected chi connectivity index (χ4v) is 2.88. The number of rotatable bonds is 5. The number of hydrogen-bond acceptors (Lipinski definition) is 5. The van der Waals surface area contributed by atoms with E-state index in [1.807, 2.05) is 4.90 Å². The van der Waals surface area contributed by atoms with Gasteiger partial charge < -0.3 is 15.8 Å². The van der Waals surface area contributed by atoms with Gasteiger partial charge in [0.25, 0.3) is 5.91 Å². The Morgan fingerprint density at radius 2 is 1.89 bits per heavy atom.